The molecule has 0 unspecified atom stereocenters. The summed E-state index contributed by atoms with van der Waals surface area (Å²) in [7, 11) is 0. The standard InChI is InChI=1S/C18H27N5O3/c1-12(2)17(18(25)21-13-6-4-3-5-7-13)22-15-11-19-14(10-20-15)8-9-16(24)23-26/h8-13,17,26H,3-7H2,1-2H3,(H,20,22)(H,21,25)(H,23,24)/b9-8+/t17-/m1/s1. The van der Waals surface area contributed by atoms with Crippen molar-refractivity contribution in [2.75, 3.05) is 5.32 Å². The lowest BCUT2D eigenvalue weighted by Crippen LogP contribution is -2.47. The van der Waals surface area contributed by atoms with Crippen molar-refractivity contribution in [1.29, 1.82) is 0 Å². The van der Waals surface area contributed by atoms with Gasteiger partial charge in [0.25, 0.3) is 5.91 Å². The monoisotopic (exact) mass is 361 g/mol. The zero-order valence-electron chi connectivity index (χ0n) is 15.2. The highest BCUT2D eigenvalue weighted by atomic mass is 16.5. The second kappa shape index (κ2) is 9.86. The number of amides is 2. The number of hydrogen-bond donors (Lipinski definition) is 4. The lowest BCUT2D eigenvalue weighted by atomic mass is 9.94. The first-order chi connectivity index (χ1) is 12.5. The Morgan fingerprint density at radius 3 is 2.50 bits per heavy atom. The zero-order valence-corrected chi connectivity index (χ0v) is 15.2. The lowest BCUT2D eigenvalue weighted by Gasteiger charge is -2.27. The highest BCUT2D eigenvalue weighted by molar-refractivity contribution is 5.90. The van der Waals surface area contributed by atoms with E-state index in [0.29, 0.717) is 11.5 Å². The Labute approximate surface area is 153 Å². The van der Waals surface area contributed by atoms with Gasteiger partial charge in [0.2, 0.25) is 5.91 Å². The summed E-state index contributed by atoms with van der Waals surface area (Å²) < 4.78 is 0. The van der Waals surface area contributed by atoms with Crippen LogP contribution in [0.15, 0.2) is 18.5 Å². The van der Waals surface area contributed by atoms with Crippen molar-refractivity contribution in [3.8, 4) is 0 Å². The second-order valence-corrected chi connectivity index (χ2v) is 6.85. The number of nitrogens with zero attached hydrogens (tertiary/aromatic N) is 2. The number of anilines is 1. The summed E-state index contributed by atoms with van der Waals surface area (Å²) in [6.07, 6.45) is 11.2. The molecule has 0 saturated heterocycles. The van der Waals surface area contributed by atoms with E-state index >= 15 is 0 Å². The van der Waals surface area contributed by atoms with Crippen LogP contribution in [-0.4, -0.2) is 39.1 Å². The van der Waals surface area contributed by atoms with Crippen LogP contribution in [0.4, 0.5) is 5.82 Å². The van der Waals surface area contributed by atoms with E-state index in [-0.39, 0.29) is 17.9 Å². The molecule has 1 aliphatic rings. The van der Waals surface area contributed by atoms with E-state index in [9.17, 15) is 9.59 Å². The molecule has 8 heteroatoms. The van der Waals surface area contributed by atoms with Gasteiger partial charge < -0.3 is 10.6 Å². The Bertz CT molecular complexity index is 624. The fraction of sp³-hybridized carbons (Fsp3) is 0.556. The lowest BCUT2D eigenvalue weighted by molar-refractivity contribution is -0.124. The van der Waals surface area contributed by atoms with E-state index in [1.807, 2.05) is 13.8 Å². The Balaban J connectivity index is 1.96. The van der Waals surface area contributed by atoms with Crippen molar-refractivity contribution in [1.82, 2.24) is 20.8 Å². The van der Waals surface area contributed by atoms with Gasteiger partial charge in [0.15, 0.2) is 0 Å². The number of hydroxylamine groups is 1. The normalized spacial score (nSPS) is 16.5. The minimum absolute atomic E-state index is 0.0164. The molecule has 1 aromatic heterocycles. The maximum absolute atomic E-state index is 12.6. The molecule has 1 heterocycles. The van der Waals surface area contributed by atoms with Crippen molar-refractivity contribution in [3.63, 3.8) is 0 Å². The van der Waals surface area contributed by atoms with Crippen LogP contribution in [0.2, 0.25) is 0 Å². The third kappa shape index (κ3) is 6.11. The summed E-state index contributed by atoms with van der Waals surface area (Å²) >= 11 is 0. The zero-order chi connectivity index (χ0) is 18.9. The van der Waals surface area contributed by atoms with Crippen LogP contribution in [0.1, 0.15) is 51.6 Å². The number of nitrogens with one attached hydrogen (secondary N) is 3. The fourth-order valence-electron chi connectivity index (χ4n) is 2.93. The Morgan fingerprint density at radius 1 is 1.19 bits per heavy atom. The highest BCUT2D eigenvalue weighted by Gasteiger charge is 2.25. The molecular weight excluding hydrogens is 334 g/mol. The van der Waals surface area contributed by atoms with Crippen LogP contribution >= 0.6 is 0 Å². The predicted octanol–water partition coefficient (Wildman–Crippen LogP) is 1.88. The first-order valence-corrected chi connectivity index (χ1v) is 9.00. The molecule has 1 aliphatic carbocycles. The first kappa shape index (κ1) is 19.8. The number of aromatic nitrogens is 2. The molecule has 2 amide bonds. The molecule has 1 fully saturated rings. The minimum atomic E-state index is -0.645. The quantitative estimate of drug-likeness (QED) is 0.335. The van der Waals surface area contributed by atoms with Crippen molar-refractivity contribution in [2.24, 2.45) is 5.92 Å². The smallest absolute Gasteiger partial charge is 0.267 e. The summed E-state index contributed by atoms with van der Waals surface area (Å²) in [4.78, 5) is 32.0. The van der Waals surface area contributed by atoms with E-state index in [4.69, 9.17) is 5.21 Å². The molecule has 4 N–H and O–H groups in total. The molecule has 8 nitrogen and oxygen atoms in total. The molecule has 0 aromatic carbocycles. The van der Waals surface area contributed by atoms with E-state index in [2.05, 4.69) is 20.6 Å². The van der Waals surface area contributed by atoms with E-state index in [1.54, 1.807) is 0 Å². The molecule has 1 atom stereocenters. The SMILES string of the molecule is CC(C)[C@@H](Nc1cnc(/C=C/C(=O)NO)cn1)C(=O)NC1CCCCC1. The van der Waals surface area contributed by atoms with Crippen molar-refractivity contribution in [2.45, 2.75) is 58.0 Å². The molecule has 142 valence electrons. The second-order valence-electron chi connectivity index (χ2n) is 6.85. The van der Waals surface area contributed by atoms with Gasteiger partial charge in [0.1, 0.15) is 11.9 Å². The third-order valence-corrected chi connectivity index (χ3v) is 4.39. The van der Waals surface area contributed by atoms with Crippen LogP contribution in [0.5, 0.6) is 0 Å². The van der Waals surface area contributed by atoms with Gasteiger partial charge in [-0.3, -0.25) is 19.8 Å². The van der Waals surface area contributed by atoms with Gasteiger partial charge in [-0.25, -0.2) is 10.5 Å². The molecule has 2 rings (SSSR count). The predicted molar refractivity (Wildman–Crippen MR) is 98.3 cm³/mol. The van der Waals surface area contributed by atoms with Gasteiger partial charge in [-0.05, 0) is 24.8 Å². The van der Waals surface area contributed by atoms with Gasteiger partial charge >= 0.3 is 0 Å². The number of carbonyl (C=O) groups excluding carboxylic acids is 2. The number of carbonyl (C=O) groups is 2. The van der Waals surface area contributed by atoms with Gasteiger partial charge in [-0.1, -0.05) is 33.1 Å². The summed E-state index contributed by atoms with van der Waals surface area (Å²) in [6.45, 7) is 3.96. The average molecular weight is 361 g/mol. The van der Waals surface area contributed by atoms with Crippen molar-refractivity contribution >= 4 is 23.7 Å². The molecule has 0 aliphatic heterocycles. The molecule has 1 saturated carbocycles. The fourth-order valence-corrected chi connectivity index (χ4v) is 2.93. The number of hydrogen-bond acceptors (Lipinski definition) is 6. The third-order valence-electron chi connectivity index (χ3n) is 4.39. The summed E-state index contributed by atoms with van der Waals surface area (Å²) in [5, 5.41) is 14.7. The van der Waals surface area contributed by atoms with Crippen LogP contribution in [-0.2, 0) is 9.59 Å². The highest BCUT2D eigenvalue weighted by Crippen LogP contribution is 2.18. The van der Waals surface area contributed by atoms with Crippen LogP contribution in [0, 0.1) is 5.92 Å². The van der Waals surface area contributed by atoms with Crippen LogP contribution in [0.25, 0.3) is 6.08 Å². The largest absolute Gasteiger partial charge is 0.357 e. The molecule has 0 radical (unpaired) electrons. The van der Waals surface area contributed by atoms with Crippen molar-refractivity contribution in [3.05, 3.63) is 24.2 Å². The van der Waals surface area contributed by atoms with Gasteiger partial charge in [0, 0.05) is 12.1 Å². The topological polar surface area (TPSA) is 116 Å². The summed E-state index contributed by atoms with van der Waals surface area (Å²) in [5.41, 5.74) is 1.97. The Morgan fingerprint density at radius 2 is 1.92 bits per heavy atom. The average Bonchev–Trinajstić information content (AvgIpc) is 2.65. The molecule has 26 heavy (non-hydrogen) atoms. The van der Waals surface area contributed by atoms with E-state index in [0.717, 1.165) is 18.9 Å². The molecule has 1 aromatic rings. The number of rotatable bonds is 7. The summed E-state index contributed by atoms with van der Waals surface area (Å²) in [6, 6.07) is -0.136. The van der Waals surface area contributed by atoms with E-state index in [1.165, 1.54) is 43.2 Å². The Kier molecular flexibility index (Phi) is 7.53. The van der Waals surface area contributed by atoms with Crippen LogP contribution < -0.4 is 16.1 Å². The van der Waals surface area contributed by atoms with Gasteiger partial charge in [0.05, 0.1) is 18.1 Å². The molecule has 0 bridgehead atoms. The molecular formula is C18H27N5O3. The minimum Gasteiger partial charge on any atom is -0.357 e. The van der Waals surface area contributed by atoms with Gasteiger partial charge in [-0.15, -0.1) is 0 Å². The van der Waals surface area contributed by atoms with Crippen LogP contribution in [0.3, 0.4) is 0 Å². The van der Waals surface area contributed by atoms with Crippen molar-refractivity contribution < 1.29 is 14.8 Å². The maximum Gasteiger partial charge on any atom is 0.267 e. The van der Waals surface area contributed by atoms with E-state index < -0.39 is 11.9 Å². The summed E-state index contributed by atoms with van der Waals surface area (Å²) in [5.74, 6) is -0.0787. The Hall–Kier alpha value is -2.48. The first-order valence-electron chi connectivity index (χ1n) is 9.00. The van der Waals surface area contributed by atoms with Gasteiger partial charge in [-0.2, -0.15) is 0 Å². The molecule has 0 spiro atoms. The maximum atomic E-state index is 12.6.